The molecule has 1 fully saturated rings. The molecule has 1 aromatic rings. The van der Waals surface area contributed by atoms with Gasteiger partial charge in [0.25, 0.3) is 0 Å². The first-order valence-corrected chi connectivity index (χ1v) is 8.83. The number of aliphatic hydroxyl groups is 1. The predicted octanol–water partition coefficient (Wildman–Crippen LogP) is 1.03. The lowest BCUT2D eigenvalue weighted by molar-refractivity contribution is 0.105. The van der Waals surface area contributed by atoms with Crippen molar-refractivity contribution in [1.82, 2.24) is 9.21 Å². The fourth-order valence-corrected chi connectivity index (χ4v) is 4.37. The molecule has 0 aromatic heterocycles. The van der Waals surface area contributed by atoms with Crippen LogP contribution in [0, 0.1) is 0 Å². The number of nitrogens with zero attached hydrogens (tertiary/aromatic N) is 2. The van der Waals surface area contributed by atoms with E-state index in [9.17, 15) is 8.42 Å². The van der Waals surface area contributed by atoms with Crippen molar-refractivity contribution in [3.63, 3.8) is 0 Å². The minimum absolute atomic E-state index is 0.00993. The number of hydrogen-bond donors (Lipinski definition) is 1. The highest BCUT2D eigenvalue weighted by Crippen LogP contribution is 2.19. The molecule has 1 N–H and O–H groups in total. The van der Waals surface area contributed by atoms with Crippen molar-refractivity contribution in [3.05, 3.63) is 35.4 Å². The van der Waals surface area contributed by atoms with Crippen molar-refractivity contribution in [2.45, 2.75) is 38.3 Å². The Hall–Kier alpha value is -0.950. The third kappa shape index (κ3) is 3.83. The minimum atomic E-state index is -3.33. The topological polar surface area (TPSA) is 60.9 Å². The summed E-state index contributed by atoms with van der Waals surface area (Å²) < 4.78 is 26.8. The van der Waals surface area contributed by atoms with Crippen LogP contribution >= 0.6 is 0 Å². The lowest BCUT2D eigenvalue weighted by atomic mass is 10.1. The van der Waals surface area contributed by atoms with Crippen molar-refractivity contribution in [3.8, 4) is 0 Å². The minimum Gasteiger partial charge on any atom is -0.392 e. The van der Waals surface area contributed by atoms with Gasteiger partial charge < -0.3 is 5.11 Å². The summed E-state index contributed by atoms with van der Waals surface area (Å²) in [7, 11) is -1.29. The van der Waals surface area contributed by atoms with Gasteiger partial charge in [0, 0.05) is 25.2 Å². The lowest BCUT2D eigenvalue weighted by Gasteiger charge is -2.41. The summed E-state index contributed by atoms with van der Waals surface area (Å²) >= 11 is 0. The Morgan fingerprint density at radius 2 is 1.76 bits per heavy atom. The van der Waals surface area contributed by atoms with Crippen LogP contribution in [-0.2, 0) is 22.4 Å². The van der Waals surface area contributed by atoms with E-state index < -0.39 is 10.0 Å². The highest BCUT2D eigenvalue weighted by molar-refractivity contribution is 7.88. The molecule has 1 heterocycles. The molecule has 2 atom stereocenters. The molecule has 1 saturated heterocycles. The van der Waals surface area contributed by atoms with Gasteiger partial charge in [0.2, 0.25) is 10.0 Å². The van der Waals surface area contributed by atoms with Crippen molar-refractivity contribution < 1.29 is 13.5 Å². The fraction of sp³-hybridized carbons (Fsp3) is 0.600. The maximum atomic E-state index is 12.6. The number of piperazine rings is 1. The number of rotatable bonds is 4. The third-order valence-corrected chi connectivity index (χ3v) is 6.03. The summed E-state index contributed by atoms with van der Waals surface area (Å²) in [6.45, 7) is 5.08. The fourth-order valence-electron chi connectivity index (χ4n) is 2.70. The number of sulfonamides is 1. The van der Waals surface area contributed by atoms with Crippen LogP contribution in [-0.4, -0.2) is 55.0 Å². The van der Waals surface area contributed by atoms with Crippen LogP contribution in [0.3, 0.4) is 0 Å². The van der Waals surface area contributed by atoms with Gasteiger partial charge in [-0.15, -0.1) is 0 Å². The van der Waals surface area contributed by atoms with Crippen molar-refractivity contribution in [1.29, 1.82) is 0 Å². The first kappa shape index (κ1) is 16.4. The van der Waals surface area contributed by atoms with Crippen LogP contribution in [0.2, 0.25) is 0 Å². The van der Waals surface area contributed by atoms with E-state index in [1.54, 1.807) is 28.6 Å². The Bertz CT molecular complexity index is 576. The van der Waals surface area contributed by atoms with E-state index in [0.29, 0.717) is 13.1 Å². The van der Waals surface area contributed by atoms with Gasteiger partial charge in [-0.25, -0.2) is 8.42 Å². The normalized spacial score (nSPS) is 25.1. The van der Waals surface area contributed by atoms with Gasteiger partial charge in [-0.2, -0.15) is 4.31 Å². The second-order valence-electron chi connectivity index (χ2n) is 5.91. The number of benzene rings is 1. The number of likely N-dealkylation sites (N-methyl/N-ethyl adjacent to an activating group) is 1. The molecule has 1 aliphatic rings. The maximum absolute atomic E-state index is 12.6. The van der Waals surface area contributed by atoms with E-state index in [2.05, 4.69) is 4.90 Å². The van der Waals surface area contributed by atoms with E-state index in [-0.39, 0.29) is 24.4 Å². The van der Waals surface area contributed by atoms with Crippen LogP contribution in [0.4, 0.5) is 0 Å². The van der Waals surface area contributed by atoms with Crippen molar-refractivity contribution >= 4 is 10.0 Å². The van der Waals surface area contributed by atoms with Gasteiger partial charge >= 0.3 is 0 Å². The summed E-state index contributed by atoms with van der Waals surface area (Å²) in [4.78, 5) is 2.21. The van der Waals surface area contributed by atoms with E-state index >= 15 is 0 Å². The Morgan fingerprint density at radius 3 is 2.33 bits per heavy atom. The molecule has 118 valence electrons. The quantitative estimate of drug-likeness (QED) is 0.902. The summed E-state index contributed by atoms with van der Waals surface area (Å²) in [6.07, 6.45) is 0. The standard InChI is InChI=1S/C15H24N2O3S/c1-12-8-17(9-13(2)16(12)3)21(19,20)11-15-6-4-5-14(7-15)10-18/h4-7,12-13,18H,8-11H2,1-3H3. The average molecular weight is 312 g/mol. The molecule has 0 aliphatic carbocycles. The Balaban J connectivity index is 2.14. The third-order valence-electron chi connectivity index (χ3n) is 4.24. The van der Waals surface area contributed by atoms with Crippen molar-refractivity contribution in [2.75, 3.05) is 20.1 Å². The van der Waals surface area contributed by atoms with Crippen LogP contribution < -0.4 is 0 Å². The van der Waals surface area contributed by atoms with Gasteiger partial charge in [0.1, 0.15) is 0 Å². The first-order chi connectivity index (χ1) is 9.83. The van der Waals surface area contributed by atoms with Gasteiger partial charge in [0.05, 0.1) is 12.4 Å². The van der Waals surface area contributed by atoms with Gasteiger partial charge in [0.15, 0.2) is 0 Å². The second-order valence-corrected chi connectivity index (χ2v) is 7.88. The van der Waals surface area contributed by atoms with Crippen LogP contribution in [0.1, 0.15) is 25.0 Å². The van der Waals surface area contributed by atoms with Gasteiger partial charge in [-0.05, 0) is 32.0 Å². The molecule has 1 aromatic carbocycles. The smallest absolute Gasteiger partial charge is 0.218 e. The van der Waals surface area contributed by atoms with Gasteiger partial charge in [-0.3, -0.25) is 4.90 Å². The molecule has 0 bridgehead atoms. The number of hydrogen-bond acceptors (Lipinski definition) is 4. The molecule has 0 saturated carbocycles. The van der Waals surface area contributed by atoms with E-state index in [1.165, 1.54) is 0 Å². The van der Waals surface area contributed by atoms with Crippen LogP contribution in [0.25, 0.3) is 0 Å². The molecule has 0 spiro atoms. The molecule has 0 amide bonds. The summed E-state index contributed by atoms with van der Waals surface area (Å²) in [6, 6.07) is 7.54. The summed E-state index contributed by atoms with van der Waals surface area (Å²) in [5.41, 5.74) is 1.46. The Morgan fingerprint density at radius 1 is 1.19 bits per heavy atom. The molecule has 2 rings (SSSR count). The number of aliphatic hydroxyl groups excluding tert-OH is 1. The molecule has 2 unspecified atom stereocenters. The molecular weight excluding hydrogens is 288 g/mol. The zero-order valence-corrected chi connectivity index (χ0v) is 13.7. The summed E-state index contributed by atoms with van der Waals surface area (Å²) in [5.74, 6) is -0.00993. The predicted molar refractivity (Wildman–Crippen MR) is 83.2 cm³/mol. The Kier molecular flexibility index (Phi) is 5.03. The zero-order chi connectivity index (χ0) is 15.6. The SMILES string of the molecule is CC1CN(S(=O)(=O)Cc2cccc(CO)c2)CC(C)N1C. The first-order valence-electron chi connectivity index (χ1n) is 7.22. The molecule has 5 nitrogen and oxygen atoms in total. The van der Waals surface area contributed by atoms with E-state index in [0.717, 1.165) is 11.1 Å². The zero-order valence-electron chi connectivity index (χ0n) is 12.9. The van der Waals surface area contributed by atoms with Crippen molar-refractivity contribution in [2.24, 2.45) is 0 Å². The summed E-state index contributed by atoms with van der Waals surface area (Å²) in [5, 5.41) is 9.14. The van der Waals surface area contributed by atoms with Gasteiger partial charge in [-0.1, -0.05) is 24.3 Å². The second kappa shape index (κ2) is 6.44. The average Bonchev–Trinajstić information content (AvgIpc) is 2.44. The molecular formula is C15H24N2O3S. The highest BCUT2D eigenvalue weighted by atomic mass is 32.2. The molecule has 6 heteroatoms. The van der Waals surface area contributed by atoms with E-state index in [4.69, 9.17) is 5.11 Å². The molecule has 0 radical (unpaired) electrons. The maximum Gasteiger partial charge on any atom is 0.218 e. The monoisotopic (exact) mass is 312 g/mol. The van der Waals surface area contributed by atoms with Crippen LogP contribution in [0.15, 0.2) is 24.3 Å². The highest BCUT2D eigenvalue weighted by Gasteiger charge is 2.33. The lowest BCUT2D eigenvalue weighted by Crippen LogP contribution is -2.56. The Labute approximate surface area is 127 Å². The molecule has 21 heavy (non-hydrogen) atoms. The molecule has 1 aliphatic heterocycles. The van der Waals surface area contributed by atoms with Crippen LogP contribution in [0.5, 0.6) is 0 Å². The van der Waals surface area contributed by atoms with E-state index in [1.807, 2.05) is 20.9 Å². The largest absolute Gasteiger partial charge is 0.392 e.